The number of carboxylic acid groups (broad SMARTS) is 2. The summed E-state index contributed by atoms with van der Waals surface area (Å²) >= 11 is 8.35. The quantitative estimate of drug-likeness (QED) is 0.0560. The molecule has 0 aliphatic carbocycles. The average Bonchev–Trinajstić information content (AvgIpc) is 3.75. The SMILES string of the molecule is CON(CC[N+]1(CC2=C(C(=O)[O-])N3C(=O)[C@@H](NC(=O)/C(=N\OC(C)(C)C(=O)O)c4csc(N)n4)[C@H]3SC2)CCCC1)C(=O)c1ccc(O)c(O)c1Cl. The fraction of sp³-hybridized carbons (Fsp3) is 0.452. The molecule has 18 nitrogen and oxygen atoms in total. The highest BCUT2D eigenvalue weighted by Gasteiger charge is 2.54. The number of carbonyl (C=O) groups excluding carboxylic acids is 4. The van der Waals surface area contributed by atoms with Gasteiger partial charge in [0.05, 0.1) is 55.5 Å². The Bertz CT molecular complexity index is 1860. The molecule has 0 spiro atoms. The molecule has 1 aromatic heterocycles. The number of carbonyl (C=O) groups is 5. The number of thiazole rings is 1. The predicted octanol–water partition coefficient (Wildman–Crippen LogP) is 0.0921. The third-order valence-corrected chi connectivity index (χ3v) is 11.4. The highest BCUT2D eigenvalue weighted by Crippen LogP contribution is 2.41. The minimum atomic E-state index is -1.81. The van der Waals surface area contributed by atoms with Crippen molar-refractivity contribution in [3.8, 4) is 11.5 Å². The number of halogens is 1. The van der Waals surface area contributed by atoms with Crippen molar-refractivity contribution in [1.29, 1.82) is 0 Å². The van der Waals surface area contributed by atoms with Gasteiger partial charge in [-0.2, -0.15) is 0 Å². The molecule has 52 heavy (non-hydrogen) atoms. The molecule has 0 unspecified atom stereocenters. The zero-order valence-electron chi connectivity index (χ0n) is 28.2. The number of phenols is 2. The van der Waals surface area contributed by atoms with Crippen LogP contribution in [-0.4, -0.2) is 133 Å². The molecule has 3 aliphatic heterocycles. The molecular weight excluding hydrogens is 746 g/mol. The second-order valence-electron chi connectivity index (χ2n) is 12.8. The number of anilines is 1. The Morgan fingerprint density at radius 1 is 1.25 bits per heavy atom. The Balaban J connectivity index is 1.32. The van der Waals surface area contributed by atoms with E-state index in [0.29, 0.717) is 29.7 Å². The van der Waals surface area contributed by atoms with Gasteiger partial charge in [-0.15, -0.1) is 23.1 Å². The van der Waals surface area contributed by atoms with Crippen LogP contribution in [0.4, 0.5) is 5.13 Å². The van der Waals surface area contributed by atoms with E-state index in [1.54, 1.807) is 0 Å². The minimum Gasteiger partial charge on any atom is -0.543 e. The Labute approximate surface area is 309 Å². The second kappa shape index (κ2) is 15.2. The second-order valence-corrected chi connectivity index (χ2v) is 15.2. The van der Waals surface area contributed by atoms with Gasteiger partial charge < -0.3 is 45.6 Å². The van der Waals surface area contributed by atoms with Crippen LogP contribution in [-0.2, 0) is 28.9 Å². The summed E-state index contributed by atoms with van der Waals surface area (Å²) in [6.45, 7) is 4.40. The van der Waals surface area contributed by atoms with Crippen LogP contribution in [0.1, 0.15) is 42.7 Å². The van der Waals surface area contributed by atoms with E-state index in [0.717, 1.165) is 40.2 Å². The molecule has 0 radical (unpaired) electrons. The number of hydroxylamine groups is 2. The molecule has 2 aromatic rings. The molecule has 280 valence electrons. The number of thioether (sulfide) groups is 1. The number of aromatic hydroxyl groups is 2. The number of amides is 3. The normalized spacial score (nSPS) is 19.9. The summed E-state index contributed by atoms with van der Waals surface area (Å²) in [5.41, 5.74) is 3.54. The molecule has 2 fully saturated rings. The number of hydrogen-bond donors (Lipinski definition) is 5. The summed E-state index contributed by atoms with van der Waals surface area (Å²) in [5.74, 6) is -6.13. The number of oxime groups is 1. The molecule has 3 amide bonds. The number of nitrogens with one attached hydrogen (secondary N) is 1. The van der Waals surface area contributed by atoms with Crippen LogP contribution < -0.4 is 16.2 Å². The lowest BCUT2D eigenvalue weighted by Crippen LogP contribution is -2.72. The first-order valence-corrected chi connectivity index (χ1v) is 18.1. The van der Waals surface area contributed by atoms with E-state index in [2.05, 4.69) is 15.5 Å². The lowest BCUT2D eigenvalue weighted by atomic mass is 10.0. The first kappa shape index (κ1) is 38.6. The highest BCUT2D eigenvalue weighted by atomic mass is 35.5. The first-order valence-electron chi connectivity index (χ1n) is 15.8. The third kappa shape index (κ3) is 7.61. The Hall–Kier alpha value is -4.63. The van der Waals surface area contributed by atoms with Crippen molar-refractivity contribution < 1.29 is 58.6 Å². The molecule has 6 N–H and O–H groups in total. The number of quaternary nitrogens is 1. The van der Waals surface area contributed by atoms with Gasteiger partial charge in [-0.1, -0.05) is 16.8 Å². The number of hydrogen-bond acceptors (Lipinski definition) is 15. The lowest BCUT2D eigenvalue weighted by molar-refractivity contribution is -0.912. The van der Waals surface area contributed by atoms with Gasteiger partial charge in [0.1, 0.15) is 23.7 Å². The third-order valence-electron chi connectivity index (χ3n) is 8.98. The molecule has 1 aromatic carbocycles. The smallest absolute Gasteiger partial charge is 0.350 e. The van der Waals surface area contributed by atoms with Gasteiger partial charge in [0.25, 0.3) is 17.7 Å². The molecule has 2 atom stereocenters. The van der Waals surface area contributed by atoms with Crippen molar-refractivity contribution in [2.24, 2.45) is 5.16 Å². The average molecular weight is 782 g/mol. The number of benzene rings is 1. The van der Waals surface area contributed by atoms with Gasteiger partial charge in [-0.25, -0.2) is 14.8 Å². The van der Waals surface area contributed by atoms with Crippen molar-refractivity contribution in [1.82, 2.24) is 20.3 Å². The summed E-state index contributed by atoms with van der Waals surface area (Å²) in [7, 11) is 1.30. The number of rotatable bonds is 14. The van der Waals surface area contributed by atoms with Crippen molar-refractivity contribution in [2.45, 2.75) is 43.7 Å². The van der Waals surface area contributed by atoms with Crippen LogP contribution in [0, 0.1) is 0 Å². The van der Waals surface area contributed by atoms with Crippen molar-refractivity contribution in [3.63, 3.8) is 0 Å². The van der Waals surface area contributed by atoms with Gasteiger partial charge in [-0.3, -0.25) is 24.1 Å². The van der Waals surface area contributed by atoms with Crippen LogP contribution >= 0.6 is 34.7 Å². The zero-order chi connectivity index (χ0) is 38.1. The molecule has 21 heteroatoms. The number of nitrogens with two attached hydrogens (primary N) is 1. The topological polar surface area (TPSA) is 257 Å². The molecule has 4 heterocycles. The lowest BCUT2D eigenvalue weighted by Gasteiger charge is -2.51. The fourth-order valence-electron chi connectivity index (χ4n) is 6.11. The molecule has 3 aliphatic rings. The predicted molar refractivity (Wildman–Crippen MR) is 185 cm³/mol. The summed E-state index contributed by atoms with van der Waals surface area (Å²) in [5, 5.41) is 49.4. The Morgan fingerprint density at radius 3 is 2.54 bits per heavy atom. The summed E-state index contributed by atoms with van der Waals surface area (Å²) < 4.78 is 0.379. The maximum atomic E-state index is 13.5. The minimum absolute atomic E-state index is 0.0172. The standard InChI is InChI=1S/C31H36ClN7O11S2/c1-31(2,29(47)48)50-36-20(17-14-52-30(33)34-17)24(42)35-21-26(44)38-22(28(45)46)15(13-51-27(21)38)12-39(9-4-5-10-39)11-8-37(49-3)25(43)16-6-7-18(40)23(41)19(16)32/h6-7,14,21,27H,4-5,8-13H2,1-3H3,(H6-,33,34,35,36,40,41,42,43,45,46,47,48)/t21-,27-/m1/s1. The Kier molecular flexibility index (Phi) is 11.2. The molecular formula is C31H36ClN7O11S2. The van der Waals surface area contributed by atoms with E-state index in [1.165, 1.54) is 44.2 Å². The van der Waals surface area contributed by atoms with E-state index in [4.69, 9.17) is 27.0 Å². The van der Waals surface area contributed by atoms with Crippen molar-refractivity contribution in [3.05, 3.63) is 45.1 Å². The van der Waals surface area contributed by atoms with Crippen LogP contribution in [0.5, 0.6) is 11.5 Å². The molecule has 2 saturated heterocycles. The van der Waals surface area contributed by atoms with Crippen LogP contribution in [0.2, 0.25) is 5.02 Å². The van der Waals surface area contributed by atoms with E-state index in [9.17, 15) is 44.4 Å². The highest BCUT2D eigenvalue weighted by molar-refractivity contribution is 8.00. The Morgan fingerprint density at radius 2 is 1.94 bits per heavy atom. The number of likely N-dealkylation sites (tertiary alicyclic amines) is 1. The maximum absolute atomic E-state index is 13.5. The van der Waals surface area contributed by atoms with E-state index in [1.807, 2.05) is 0 Å². The fourth-order valence-corrected chi connectivity index (χ4v) is 8.23. The summed E-state index contributed by atoms with van der Waals surface area (Å²) in [6.07, 6.45) is 1.67. The zero-order valence-corrected chi connectivity index (χ0v) is 30.5. The summed E-state index contributed by atoms with van der Waals surface area (Å²) in [4.78, 5) is 79.9. The van der Waals surface area contributed by atoms with E-state index >= 15 is 0 Å². The monoisotopic (exact) mass is 781 g/mol. The number of aliphatic carboxylic acids is 2. The van der Waals surface area contributed by atoms with E-state index < -0.39 is 63.9 Å². The van der Waals surface area contributed by atoms with E-state index in [-0.39, 0.29) is 46.0 Å². The number of carboxylic acids is 2. The number of nitrogens with zero attached hydrogens (tertiary/aromatic N) is 5. The maximum Gasteiger partial charge on any atom is 0.350 e. The molecule has 0 bridgehead atoms. The van der Waals surface area contributed by atoms with Gasteiger partial charge in [-0.05, 0) is 26.0 Å². The number of phenolic OH excluding ortho intramolecular Hbond substituents is 2. The first-order chi connectivity index (χ1) is 24.5. The molecule has 5 rings (SSSR count). The van der Waals surface area contributed by atoms with Crippen LogP contribution in [0.25, 0.3) is 0 Å². The van der Waals surface area contributed by atoms with Gasteiger partial charge in [0.2, 0.25) is 5.60 Å². The molecule has 0 saturated carbocycles. The van der Waals surface area contributed by atoms with Crippen molar-refractivity contribution in [2.75, 3.05) is 51.3 Å². The number of aromatic nitrogens is 1. The van der Waals surface area contributed by atoms with Crippen molar-refractivity contribution >= 4 is 75.2 Å². The van der Waals surface area contributed by atoms with Crippen LogP contribution in [0.3, 0.4) is 0 Å². The number of β-lactam (4-membered cyclic amide) rings is 1. The summed E-state index contributed by atoms with van der Waals surface area (Å²) in [6, 6.07) is 1.23. The largest absolute Gasteiger partial charge is 0.543 e. The van der Waals surface area contributed by atoms with Gasteiger partial charge >= 0.3 is 5.97 Å². The number of fused-ring (bicyclic) bond motifs is 1. The van der Waals surface area contributed by atoms with Crippen LogP contribution in [0.15, 0.2) is 33.9 Å². The number of nitrogen functional groups attached to an aromatic ring is 1. The van der Waals surface area contributed by atoms with Gasteiger partial charge in [0, 0.05) is 29.5 Å². The van der Waals surface area contributed by atoms with Gasteiger partial charge in [0.15, 0.2) is 22.3 Å².